The molecule has 0 saturated carbocycles. The van der Waals surface area contributed by atoms with Crippen LogP contribution in [-0.4, -0.2) is 162 Å². The van der Waals surface area contributed by atoms with Crippen LogP contribution in [0.15, 0.2) is 109 Å². The minimum atomic E-state index is -1.13. The number of nitrogens with zero attached hydrogens (tertiary/aromatic N) is 8. The van der Waals surface area contributed by atoms with Crippen LogP contribution in [0.25, 0.3) is 32.7 Å². The smallest absolute Gasteiger partial charge is 1.00 e. The average Bonchev–Trinajstić information content (AvgIpc) is 1.63. The van der Waals surface area contributed by atoms with Gasteiger partial charge in [-0.3, -0.25) is 28.8 Å². The SMILES string of the molecule is C.CCOC(=O)C1CCNCC1O.CCOC(=O)[C@@H]1CCN(c2nn(C(=O)c3c(C)cccc3Cl)c3cccc(F)c23)C[C@@H]1O.Cc1cccc(Cl)c1C(=O)n1nc(I)c2c(F)cccc21.Cc1cccc(Cl)c1C(=O)n1nc(N2CC[C@@H](C(=O)O)[C@@H](O)C2)c2c(F)cccc21.[I-].[Li+].[OH-]. The summed E-state index contributed by atoms with van der Waals surface area (Å²) in [6, 6.07) is 28.8. The van der Waals surface area contributed by atoms with Crippen LogP contribution in [0.2, 0.25) is 15.1 Å². The molecular formula is C68H71Cl3F3I2LiN9O13-. The second-order valence-corrected chi connectivity index (χ2v) is 24.9. The van der Waals surface area contributed by atoms with Gasteiger partial charge in [0.2, 0.25) is 0 Å². The molecule has 3 saturated heterocycles. The average molecular weight is 1650 g/mol. The van der Waals surface area contributed by atoms with Crippen LogP contribution in [-0.2, 0) is 23.9 Å². The van der Waals surface area contributed by atoms with Crippen LogP contribution < -0.4 is 58.0 Å². The van der Waals surface area contributed by atoms with Crippen LogP contribution in [0, 0.1) is 59.7 Å². The number of hydrogen-bond acceptors (Lipinski definition) is 18. The van der Waals surface area contributed by atoms with E-state index in [9.17, 15) is 62.4 Å². The summed E-state index contributed by atoms with van der Waals surface area (Å²) in [5.41, 5.74) is 4.02. The van der Waals surface area contributed by atoms with E-state index >= 15 is 0 Å². The number of carbonyl (C=O) groups excluding carboxylic acids is 5. The second-order valence-electron chi connectivity index (χ2n) is 22.6. The van der Waals surface area contributed by atoms with Gasteiger partial charge in [0, 0.05) is 32.7 Å². The fourth-order valence-electron chi connectivity index (χ4n) is 11.7. The van der Waals surface area contributed by atoms with Gasteiger partial charge in [0.05, 0.1) is 114 Å². The molecule has 3 aromatic heterocycles. The van der Waals surface area contributed by atoms with E-state index in [1.165, 1.54) is 35.0 Å². The van der Waals surface area contributed by atoms with Crippen molar-refractivity contribution < 1.29 is 120 Å². The molecule has 31 heteroatoms. The Morgan fingerprint density at radius 1 is 0.545 bits per heavy atom. The first kappa shape index (κ1) is 82.9. The Kier molecular flexibility index (Phi) is 30.8. The van der Waals surface area contributed by atoms with E-state index in [4.69, 9.17) is 44.3 Å². The summed E-state index contributed by atoms with van der Waals surface area (Å²) in [6.07, 6.45) is -1.56. The molecule has 3 aliphatic rings. The van der Waals surface area contributed by atoms with Crippen molar-refractivity contribution in [2.24, 2.45) is 17.8 Å². The molecule has 0 bridgehead atoms. The number of carboxylic acids is 1. The molecule has 22 nitrogen and oxygen atoms in total. The molecule has 3 fully saturated rings. The fraction of sp³-hybridized carbons (Fsp3) is 0.338. The van der Waals surface area contributed by atoms with Gasteiger partial charge in [-0.15, -0.1) is 10.2 Å². The number of aromatic nitrogens is 6. The molecular weight excluding hydrogens is 1570 g/mol. The number of benzene rings is 6. The van der Waals surface area contributed by atoms with Gasteiger partial charge in [-0.25, -0.2) is 13.2 Å². The monoisotopic (exact) mass is 1640 g/mol. The number of rotatable bonds is 10. The van der Waals surface area contributed by atoms with E-state index in [1.807, 2.05) is 22.6 Å². The molecule has 2 unspecified atom stereocenters. The van der Waals surface area contributed by atoms with Crippen molar-refractivity contribution in [2.45, 2.75) is 79.6 Å². The van der Waals surface area contributed by atoms with Crippen LogP contribution in [0.3, 0.4) is 0 Å². The van der Waals surface area contributed by atoms with E-state index in [0.29, 0.717) is 74.4 Å². The number of aliphatic carboxylic acids is 1. The minimum absolute atomic E-state index is 0. The zero-order chi connectivity index (χ0) is 68.7. The predicted molar refractivity (Wildman–Crippen MR) is 369 cm³/mol. The quantitative estimate of drug-likeness (QED) is 0.0676. The van der Waals surface area contributed by atoms with E-state index in [1.54, 1.807) is 123 Å². The number of β-amino-alcohol motifs (C(OH)–C–C–N with tert-alkyl or cyclic N) is 3. The minimum Gasteiger partial charge on any atom is -1.00 e. The number of esters is 2. The third-order valence-electron chi connectivity index (χ3n) is 16.5. The number of ether oxygens (including phenoxy) is 2. The molecule has 6 N–H and O–H groups in total. The number of aryl methyl sites for hydroxylation is 3. The Morgan fingerprint density at radius 3 is 1.24 bits per heavy atom. The van der Waals surface area contributed by atoms with Crippen LogP contribution in [0.1, 0.15) is 88.3 Å². The second kappa shape index (κ2) is 36.7. The summed E-state index contributed by atoms with van der Waals surface area (Å²) in [4.78, 5) is 77.2. The molecule has 9 aromatic rings. The standard InChI is InChI=1S/C23H23ClFN3O4.C21H19ClFN3O4.C15H9ClFIN2O.C8H15NO3.CH4.HI.Li.H2O/c1-3-32-23(31)14-10-11-27(12-18(14)29)21-20-16(25)8-5-9-17(20)28(26-21)22(30)19-13(2)6-4-7-15(19)24;1-11-4-2-5-13(22)17(11)20(28)26-15-7-3-6-14(23)18(15)19(24-26)25-9-8-12(21(29)30)16(27)10-25;1-8-4-2-5-9(16)12(8)15(21)20-11-7-3-6-10(17)13(11)14(18)19-20;1-2-12-8(11)6-3-4-9-5-7(6)10;;;;/h4-9,14,18,29H,3,10-12H2,1-2H3;2-7,12,16,27H,8-10H2,1H3,(H,29,30);2-7H,1H3;6-7,9-10H,2-5H2,1H3;1H4;1H;;1H2/q;;;;;;+1;/p-2/t14-,18+;12-,16+;;;;;;/m11....../s1. The summed E-state index contributed by atoms with van der Waals surface area (Å²) in [6.45, 7) is 11.3. The molecule has 524 valence electrons. The summed E-state index contributed by atoms with van der Waals surface area (Å²) < 4.78 is 57.3. The topological polar surface area (TPSA) is 304 Å². The van der Waals surface area contributed by atoms with Gasteiger partial charge in [0.25, 0.3) is 17.7 Å². The van der Waals surface area contributed by atoms with Crippen molar-refractivity contribution in [2.75, 3.05) is 62.3 Å². The van der Waals surface area contributed by atoms with Crippen LogP contribution in [0.4, 0.5) is 24.8 Å². The molecule has 0 spiro atoms. The van der Waals surface area contributed by atoms with Crippen LogP contribution >= 0.6 is 57.4 Å². The normalized spacial score (nSPS) is 17.8. The number of nitrogens with one attached hydrogen (secondary N) is 1. The van der Waals surface area contributed by atoms with Gasteiger partial charge in [0.15, 0.2) is 11.6 Å². The Hall–Kier alpha value is -6.73. The first-order chi connectivity index (χ1) is 45.4. The number of halogens is 8. The summed E-state index contributed by atoms with van der Waals surface area (Å²) in [7, 11) is 0. The van der Waals surface area contributed by atoms with Gasteiger partial charge in [-0.1, -0.05) is 96.8 Å². The molecule has 3 aliphatic heterocycles. The molecule has 6 atom stereocenters. The largest absolute Gasteiger partial charge is 1.00 e. The maximum absolute atomic E-state index is 14.9. The zero-order valence-corrected chi connectivity index (χ0v) is 60.3. The number of carbonyl (C=O) groups is 6. The fourth-order valence-corrected chi connectivity index (χ4v) is 13.3. The molecule has 6 aromatic carbocycles. The number of fused-ring (bicyclic) bond motifs is 3. The Labute approximate surface area is 625 Å². The Balaban J connectivity index is 0.000000246. The zero-order valence-electron chi connectivity index (χ0n) is 53.7. The van der Waals surface area contributed by atoms with Crippen molar-refractivity contribution in [3.8, 4) is 0 Å². The van der Waals surface area contributed by atoms with Crippen molar-refractivity contribution in [1.29, 1.82) is 0 Å². The Bertz CT molecular complexity index is 4360. The van der Waals surface area contributed by atoms with E-state index in [2.05, 4.69) is 20.6 Å². The summed E-state index contributed by atoms with van der Waals surface area (Å²) in [5.74, 6) is -6.09. The summed E-state index contributed by atoms with van der Waals surface area (Å²) >= 11 is 20.6. The van der Waals surface area contributed by atoms with Crippen molar-refractivity contribution >= 4 is 137 Å². The third kappa shape index (κ3) is 18.1. The Morgan fingerprint density at radius 2 is 0.889 bits per heavy atom. The number of anilines is 2. The van der Waals surface area contributed by atoms with E-state index in [-0.39, 0.29) is 155 Å². The number of carboxylic acid groups (broad SMARTS) is 1. The molecule has 0 radical (unpaired) electrons. The van der Waals surface area contributed by atoms with E-state index in [0.717, 1.165) is 21.5 Å². The van der Waals surface area contributed by atoms with Crippen molar-refractivity contribution in [3.05, 3.63) is 179 Å². The third-order valence-corrected chi connectivity index (χ3v) is 18.2. The summed E-state index contributed by atoms with van der Waals surface area (Å²) in [5, 5.41) is 57.0. The van der Waals surface area contributed by atoms with Crippen molar-refractivity contribution in [3.63, 3.8) is 0 Å². The van der Waals surface area contributed by atoms with E-state index < -0.39 is 71.4 Å². The van der Waals surface area contributed by atoms with Crippen LogP contribution in [0.5, 0.6) is 0 Å². The van der Waals surface area contributed by atoms with Gasteiger partial charge >= 0.3 is 36.8 Å². The molecule has 0 amide bonds. The number of piperidine rings is 3. The maximum atomic E-state index is 14.9. The van der Waals surface area contributed by atoms with Gasteiger partial charge in [-0.2, -0.15) is 19.1 Å². The molecule has 0 aliphatic carbocycles. The maximum Gasteiger partial charge on any atom is 1.00 e. The van der Waals surface area contributed by atoms with Gasteiger partial charge < -0.3 is 74.5 Å². The van der Waals surface area contributed by atoms with Crippen molar-refractivity contribution in [1.82, 2.24) is 34.7 Å². The van der Waals surface area contributed by atoms with Gasteiger partial charge in [0.1, 0.15) is 21.2 Å². The first-order valence-corrected chi connectivity index (χ1v) is 32.5. The molecule has 12 rings (SSSR count). The number of aliphatic hydroxyl groups is 3. The molecule has 6 heterocycles. The predicted octanol–water partition coefficient (Wildman–Crippen LogP) is 5.09. The first-order valence-electron chi connectivity index (χ1n) is 30.3. The van der Waals surface area contributed by atoms with Gasteiger partial charge in [-0.05, 0) is 154 Å². The number of aliphatic hydroxyl groups excluding tert-OH is 3. The number of hydrogen-bond donors (Lipinski definition) is 5. The molecule has 99 heavy (non-hydrogen) atoms.